The Hall–Kier alpha value is -4.57. The number of nitrogens with two attached hydrogens (primary N) is 1. The molecule has 3 atom stereocenters. The van der Waals surface area contributed by atoms with E-state index in [1.807, 2.05) is 0 Å². The number of anilines is 1. The zero-order valence-corrected chi connectivity index (χ0v) is 23.8. The Kier molecular flexibility index (Phi) is 8.07. The number of nitrogens with zero attached hydrogens (tertiary/aromatic N) is 1. The highest BCUT2D eigenvalue weighted by Crippen LogP contribution is 2.52. The summed E-state index contributed by atoms with van der Waals surface area (Å²) in [7, 11) is 2.30. The van der Waals surface area contributed by atoms with Gasteiger partial charge in [-0.1, -0.05) is 60.1 Å². The number of hydrogen-bond donors (Lipinski definition) is 1. The molecule has 0 saturated carbocycles. The molecule has 0 radical (unpaired) electrons. The van der Waals surface area contributed by atoms with Crippen molar-refractivity contribution in [2.24, 2.45) is 11.7 Å². The number of carbonyl (C=O) groups excluding carboxylic acids is 3. The maximum absolute atomic E-state index is 14.6. The van der Waals surface area contributed by atoms with E-state index in [9.17, 15) is 27.6 Å². The Morgan fingerprint density at radius 1 is 0.930 bits per heavy atom. The van der Waals surface area contributed by atoms with Crippen molar-refractivity contribution < 1.29 is 37.0 Å². The summed E-state index contributed by atoms with van der Waals surface area (Å²) in [5, 5.41) is 0.303. The molecule has 222 valence electrons. The number of hydrogen-bond acceptors (Lipinski definition) is 7. The normalized spacial score (nSPS) is 20.6. The van der Waals surface area contributed by atoms with E-state index in [1.165, 1.54) is 24.1 Å². The van der Waals surface area contributed by atoms with Crippen molar-refractivity contribution in [2.45, 2.75) is 24.4 Å². The first-order valence-corrected chi connectivity index (χ1v) is 13.6. The first-order valence-electron chi connectivity index (χ1n) is 13.2. The largest absolute Gasteiger partial charge is 0.468 e. The van der Waals surface area contributed by atoms with Gasteiger partial charge in [0.2, 0.25) is 0 Å². The molecule has 7 nitrogen and oxygen atoms in total. The van der Waals surface area contributed by atoms with Crippen LogP contribution in [0.2, 0.25) is 5.02 Å². The molecule has 1 heterocycles. The highest BCUT2D eigenvalue weighted by Gasteiger charge is 2.51. The summed E-state index contributed by atoms with van der Waals surface area (Å²) >= 11 is 6.31. The molecule has 0 fully saturated rings. The van der Waals surface area contributed by atoms with Gasteiger partial charge in [0.25, 0.3) is 0 Å². The van der Waals surface area contributed by atoms with Gasteiger partial charge in [0.05, 0.1) is 31.3 Å². The minimum absolute atomic E-state index is 0.00726. The zero-order valence-electron chi connectivity index (χ0n) is 23.0. The summed E-state index contributed by atoms with van der Waals surface area (Å²) < 4.78 is 51.5. The van der Waals surface area contributed by atoms with Gasteiger partial charge >= 0.3 is 18.1 Å². The molecule has 0 aromatic heterocycles. The Morgan fingerprint density at radius 3 is 2.23 bits per heavy atom. The molecular weight excluding hydrogens is 585 g/mol. The van der Waals surface area contributed by atoms with E-state index in [4.69, 9.17) is 26.8 Å². The SMILES string of the molecule is COC(=O)C1=C(N)N(c2cccc(C(F)(F)F)c2)C2=C(C(=O)[C@H](C(=O)OC)[C@H](c3ccccc3)C2)[C@@H]1c1cccc(Cl)c1. The molecule has 3 aromatic carbocycles. The zero-order chi connectivity index (χ0) is 31.1. The van der Waals surface area contributed by atoms with Crippen molar-refractivity contribution >= 4 is 35.0 Å². The van der Waals surface area contributed by atoms with Gasteiger partial charge < -0.3 is 15.2 Å². The quantitative estimate of drug-likeness (QED) is 0.275. The standard InChI is InChI=1S/C32H26ClF3N2O5/c1-42-30(40)25-22(17-8-4-3-5-9-17)16-23-26(28(25)39)24(18-10-6-12-20(33)14-18)27(31(41)43-2)29(37)38(23)21-13-7-11-19(15-21)32(34,35)36/h3-15,22,24-25H,16,37H2,1-2H3/t22-,24-,25+/m0/s1. The molecule has 5 rings (SSSR count). The number of esters is 2. The number of benzene rings is 3. The molecule has 0 unspecified atom stereocenters. The van der Waals surface area contributed by atoms with Crippen LogP contribution in [0.1, 0.15) is 34.9 Å². The van der Waals surface area contributed by atoms with Crippen LogP contribution in [-0.4, -0.2) is 31.9 Å². The third-order valence-electron chi connectivity index (χ3n) is 7.74. The topological polar surface area (TPSA) is 98.9 Å². The monoisotopic (exact) mass is 610 g/mol. The van der Waals surface area contributed by atoms with Gasteiger partial charge in [-0.15, -0.1) is 0 Å². The second-order valence-corrected chi connectivity index (χ2v) is 10.5. The first kappa shape index (κ1) is 29.9. The lowest BCUT2D eigenvalue weighted by atomic mass is 9.67. The summed E-state index contributed by atoms with van der Waals surface area (Å²) in [5.74, 6) is -5.76. The number of ketones is 1. The highest BCUT2D eigenvalue weighted by atomic mass is 35.5. The maximum Gasteiger partial charge on any atom is 0.416 e. The van der Waals surface area contributed by atoms with E-state index in [0.29, 0.717) is 16.1 Å². The predicted octanol–water partition coefficient (Wildman–Crippen LogP) is 6.11. The van der Waals surface area contributed by atoms with Crippen molar-refractivity contribution in [3.63, 3.8) is 0 Å². The van der Waals surface area contributed by atoms with E-state index >= 15 is 0 Å². The molecule has 3 aromatic rings. The molecule has 1 aliphatic heterocycles. The van der Waals surface area contributed by atoms with Crippen LogP contribution in [0, 0.1) is 5.92 Å². The first-order chi connectivity index (χ1) is 20.5. The van der Waals surface area contributed by atoms with Gasteiger partial charge in [0, 0.05) is 27.9 Å². The van der Waals surface area contributed by atoms with Crippen LogP contribution in [0.5, 0.6) is 0 Å². The lowest BCUT2D eigenvalue weighted by Gasteiger charge is -2.44. The third-order valence-corrected chi connectivity index (χ3v) is 7.98. The average molecular weight is 611 g/mol. The Balaban J connectivity index is 1.85. The number of alkyl halides is 3. The molecule has 0 amide bonds. The van der Waals surface area contributed by atoms with Crippen LogP contribution in [0.3, 0.4) is 0 Å². The van der Waals surface area contributed by atoms with Crippen LogP contribution in [0.4, 0.5) is 18.9 Å². The van der Waals surface area contributed by atoms with Crippen LogP contribution in [-0.2, 0) is 30.0 Å². The molecule has 0 spiro atoms. The van der Waals surface area contributed by atoms with Gasteiger partial charge in [-0.25, -0.2) is 4.79 Å². The van der Waals surface area contributed by atoms with E-state index < -0.39 is 47.2 Å². The summed E-state index contributed by atoms with van der Waals surface area (Å²) in [5.41, 5.74) is 6.80. The second kappa shape index (κ2) is 11.6. The number of carbonyl (C=O) groups is 3. The van der Waals surface area contributed by atoms with E-state index in [0.717, 1.165) is 19.2 Å². The van der Waals surface area contributed by atoms with Gasteiger partial charge in [-0.2, -0.15) is 13.2 Å². The summed E-state index contributed by atoms with van der Waals surface area (Å²) in [4.78, 5) is 42.4. The number of methoxy groups -OCH3 is 2. The average Bonchev–Trinajstić information content (AvgIpc) is 2.99. The fraction of sp³-hybridized carbons (Fsp3) is 0.219. The molecule has 2 aliphatic rings. The van der Waals surface area contributed by atoms with Gasteiger partial charge in [0.15, 0.2) is 5.78 Å². The van der Waals surface area contributed by atoms with Crippen molar-refractivity contribution in [2.75, 3.05) is 19.1 Å². The minimum Gasteiger partial charge on any atom is -0.468 e. The summed E-state index contributed by atoms with van der Waals surface area (Å²) in [6.07, 6.45) is -4.67. The Morgan fingerprint density at radius 2 is 1.60 bits per heavy atom. The number of ether oxygens (including phenoxy) is 2. The lowest BCUT2D eigenvalue weighted by Crippen LogP contribution is -2.46. The molecule has 11 heteroatoms. The number of halogens is 4. The molecule has 0 saturated heterocycles. The molecule has 0 bridgehead atoms. The van der Waals surface area contributed by atoms with Crippen molar-refractivity contribution in [1.29, 1.82) is 0 Å². The molecular formula is C32H26ClF3N2O5. The predicted molar refractivity (Wildman–Crippen MR) is 153 cm³/mol. The molecule has 43 heavy (non-hydrogen) atoms. The van der Waals surface area contributed by atoms with Crippen molar-refractivity contribution in [3.05, 3.63) is 123 Å². The van der Waals surface area contributed by atoms with E-state index in [2.05, 4.69) is 0 Å². The fourth-order valence-electron chi connectivity index (χ4n) is 5.88. The smallest absolute Gasteiger partial charge is 0.416 e. The minimum atomic E-state index is -4.68. The van der Waals surface area contributed by atoms with Gasteiger partial charge in [0.1, 0.15) is 11.7 Å². The molecule has 2 N–H and O–H groups in total. The number of allylic oxidation sites excluding steroid dienone is 2. The van der Waals surface area contributed by atoms with E-state index in [1.54, 1.807) is 54.6 Å². The summed E-state index contributed by atoms with van der Waals surface area (Å²) in [6, 6.07) is 19.6. The van der Waals surface area contributed by atoms with Gasteiger partial charge in [-0.3, -0.25) is 14.5 Å². The van der Waals surface area contributed by atoms with Gasteiger partial charge in [-0.05, 0) is 47.9 Å². The maximum atomic E-state index is 14.6. The molecule has 1 aliphatic carbocycles. The van der Waals surface area contributed by atoms with Crippen LogP contribution in [0.15, 0.2) is 102 Å². The number of rotatable bonds is 5. The fourth-order valence-corrected chi connectivity index (χ4v) is 6.08. The second-order valence-electron chi connectivity index (χ2n) is 10.1. The Labute approximate surface area is 250 Å². The number of Topliss-reactive ketones (excluding diaryl/α,β-unsaturated/α-hetero) is 1. The van der Waals surface area contributed by atoms with Crippen LogP contribution in [0.25, 0.3) is 0 Å². The third kappa shape index (κ3) is 5.38. The lowest BCUT2D eigenvalue weighted by molar-refractivity contribution is -0.150. The van der Waals surface area contributed by atoms with Crippen molar-refractivity contribution in [3.8, 4) is 0 Å². The highest BCUT2D eigenvalue weighted by molar-refractivity contribution is 6.30. The van der Waals surface area contributed by atoms with Crippen molar-refractivity contribution in [1.82, 2.24) is 0 Å². The van der Waals surface area contributed by atoms with Crippen LogP contribution >= 0.6 is 11.6 Å². The van der Waals surface area contributed by atoms with Crippen LogP contribution < -0.4 is 10.6 Å². The van der Waals surface area contributed by atoms with E-state index in [-0.39, 0.29) is 34.8 Å². The Bertz CT molecular complexity index is 1670. The summed E-state index contributed by atoms with van der Waals surface area (Å²) in [6.45, 7) is 0.